The average molecular weight is 504 g/mol. The van der Waals surface area contributed by atoms with Crippen molar-refractivity contribution >= 4 is 12.0 Å². The second-order valence-electron chi connectivity index (χ2n) is 11.4. The van der Waals surface area contributed by atoms with Crippen molar-refractivity contribution in [2.75, 3.05) is 26.3 Å². The zero-order valence-corrected chi connectivity index (χ0v) is 21.8. The highest BCUT2D eigenvalue weighted by molar-refractivity contribution is 5.85. The Bertz CT molecular complexity index is 895. The van der Waals surface area contributed by atoms with Crippen LogP contribution in [0.3, 0.4) is 0 Å². The van der Waals surface area contributed by atoms with Gasteiger partial charge in [0.05, 0.1) is 37.3 Å². The molecule has 3 N–H and O–H groups in total. The number of ether oxygens (including phenoxy) is 3. The van der Waals surface area contributed by atoms with Crippen LogP contribution in [0.15, 0.2) is 30.3 Å². The van der Waals surface area contributed by atoms with Gasteiger partial charge in [0.15, 0.2) is 6.29 Å². The predicted octanol–water partition coefficient (Wildman–Crippen LogP) is 2.07. The van der Waals surface area contributed by atoms with Crippen molar-refractivity contribution < 1.29 is 28.9 Å². The molecule has 6 atom stereocenters. The topological polar surface area (TPSA) is 109 Å². The molecule has 9 nitrogen and oxygen atoms in total. The summed E-state index contributed by atoms with van der Waals surface area (Å²) >= 11 is 0. The fraction of sp³-hybridized carbons (Fsp3) is 0.704. The Labute approximate surface area is 213 Å². The molecule has 3 heterocycles. The molecular weight excluding hydrogens is 462 g/mol. The van der Waals surface area contributed by atoms with E-state index >= 15 is 0 Å². The molecule has 2 unspecified atom stereocenters. The maximum Gasteiger partial charge on any atom is 0.407 e. The van der Waals surface area contributed by atoms with Crippen LogP contribution < -0.4 is 10.6 Å². The van der Waals surface area contributed by atoms with Gasteiger partial charge in [0.25, 0.3) is 0 Å². The summed E-state index contributed by atoms with van der Waals surface area (Å²) in [5.41, 5.74) is 0.698. The lowest BCUT2D eigenvalue weighted by molar-refractivity contribution is -0.124. The Balaban J connectivity index is 1.45. The fourth-order valence-corrected chi connectivity index (χ4v) is 5.53. The largest absolute Gasteiger partial charge is 0.443 e. The monoisotopic (exact) mass is 503 g/mol. The van der Waals surface area contributed by atoms with Crippen LogP contribution in [0, 0.1) is 11.8 Å². The Morgan fingerprint density at radius 2 is 2.00 bits per heavy atom. The summed E-state index contributed by atoms with van der Waals surface area (Å²) in [5, 5.41) is 17.4. The van der Waals surface area contributed by atoms with E-state index in [0.717, 1.165) is 12.0 Å². The van der Waals surface area contributed by atoms with Gasteiger partial charge in [-0.25, -0.2) is 4.79 Å². The molecule has 0 aliphatic carbocycles. The minimum Gasteiger partial charge on any atom is -0.443 e. The van der Waals surface area contributed by atoms with E-state index in [-0.39, 0.29) is 42.3 Å². The number of amides is 2. The smallest absolute Gasteiger partial charge is 0.407 e. The number of rotatable bonds is 10. The van der Waals surface area contributed by atoms with Crippen LogP contribution in [0.1, 0.15) is 46.1 Å². The number of aliphatic hydroxyl groups excluding tert-OH is 1. The zero-order valence-electron chi connectivity index (χ0n) is 21.8. The highest BCUT2D eigenvalue weighted by Gasteiger charge is 2.44. The second-order valence-corrected chi connectivity index (χ2v) is 11.4. The molecule has 9 heteroatoms. The first-order chi connectivity index (χ1) is 17.1. The summed E-state index contributed by atoms with van der Waals surface area (Å²) in [6.45, 7) is 10.0. The van der Waals surface area contributed by atoms with Gasteiger partial charge in [-0.2, -0.15) is 0 Å². The minimum atomic E-state index is -0.907. The molecular formula is C27H41N3O6. The first-order valence-electron chi connectivity index (χ1n) is 13.1. The summed E-state index contributed by atoms with van der Waals surface area (Å²) in [6, 6.07) is 8.82. The van der Waals surface area contributed by atoms with Gasteiger partial charge in [-0.3, -0.25) is 9.69 Å². The Morgan fingerprint density at radius 1 is 1.25 bits per heavy atom. The number of aliphatic hydroxyl groups is 1. The van der Waals surface area contributed by atoms with E-state index in [4.69, 9.17) is 14.2 Å². The van der Waals surface area contributed by atoms with Crippen LogP contribution in [-0.4, -0.2) is 84.4 Å². The number of carbonyl (C=O) groups is 2. The van der Waals surface area contributed by atoms with E-state index in [1.54, 1.807) is 0 Å². The van der Waals surface area contributed by atoms with E-state index in [9.17, 15) is 14.7 Å². The average Bonchev–Trinajstić information content (AvgIpc) is 3.48. The third-order valence-corrected chi connectivity index (χ3v) is 7.24. The number of nitrogens with one attached hydrogen (secondary N) is 2. The van der Waals surface area contributed by atoms with E-state index < -0.39 is 18.2 Å². The predicted molar refractivity (Wildman–Crippen MR) is 134 cm³/mol. The van der Waals surface area contributed by atoms with Crippen molar-refractivity contribution in [1.29, 1.82) is 0 Å². The molecule has 3 saturated heterocycles. The first kappa shape index (κ1) is 26.9. The molecule has 36 heavy (non-hydrogen) atoms. The molecule has 200 valence electrons. The van der Waals surface area contributed by atoms with E-state index in [0.29, 0.717) is 38.5 Å². The molecule has 0 radical (unpaired) electrons. The van der Waals surface area contributed by atoms with Crippen molar-refractivity contribution in [2.45, 2.75) is 83.1 Å². The van der Waals surface area contributed by atoms with Crippen LogP contribution in [-0.2, 0) is 25.4 Å². The number of fused-ring (bicyclic) bond motifs is 1. The Kier molecular flexibility index (Phi) is 8.55. The van der Waals surface area contributed by atoms with Crippen LogP contribution in [0.2, 0.25) is 0 Å². The van der Waals surface area contributed by atoms with Gasteiger partial charge in [-0.15, -0.1) is 0 Å². The van der Waals surface area contributed by atoms with Crippen molar-refractivity contribution in [3.05, 3.63) is 35.9 Å². The van der Waals surface area contributed by atoms with Crippen molar-refractivity contribution in [3.63, 3.8) is 0 Å². The van der Waals surface area contributed by atoms with Gasteiger partial charge in [0, 0.05) is 18.6 Å². The lowest BCUT2D eigenvalue weighted by atomic mass is 9.97. The third kappa shape index (κ3) is 6.76. The fourth-order valence-electron chi connectivity index (χ4n) is 5.53. The van der Waals surface area contributed by atoms with E-state index in [1.165, 1.54) is 0 Å². The number of hydrogen-bond acceptors (Lipinski definition) is 7. The maximum absolute atomic E-state index is 12.9. The minimum absolute atomic E-state index is 0.0191. The number of benzene rings is 1. The molecule has 3 aliphatic heterocycles. The molecule has 3 aliphatic rings. The van der Waals surface area contributed by atoms with Crippen molar-refractivity contribution in [1.82, 2.24) is 15.5 Å². The molecule has 0 spiro atoms. The Hall–Kier alpha value is -2.20. The van der Waals surface area contributed by atoms with Crippen LogP contribution in [0.25, 0.3) is 0 Å². The number of nitrogens with zero attached hydrogens (tertiary/aromatic N) is 1. The number of hydrogen-bond donors (Lipinski definition) is 3. The lowest BCUT2D eigenvalue weighted by Crippen LogP contribution is -2.53. The number of carbonyl (C=O) groups excluding carboxylic acids is 2. The molecule has 2 amide bonds. The molecule has 0 aromatic heterocycles. The van der Waals surface area contributed by atoms with Crippen LogP contribution >= 0.6 is 0 Å². The molecule has 1 aromatic rings. The van der Waals surface area contributed by atoms with Gasteiger partial charge in [0.2, 0.25) is 5.91 Å². The summed E-state index contributed by atoms with van der Waals surface area (Å²) in [4.78, 5) is 27.8. The molecule has 4 rings (SSSR count). The first-order valence-corrected chi connectivity index (χ1v) is 13.1. The normalized spacial score (nSPS) is 28.7. The molecule has 0 saturated carbocycles. The standard InChI is InChI=1S/C27H41N3O6/c1-17(2)14-30(21-13-27(3,4)29-24(21)32)15-22(31)20(12-18-8-6-5-7-9-18)28-26(33)36-23-16-35-25-19(23)10-11-34-25/h5-9,17,19-23,25,31H,10-16H2,1-4H3,(H,28,33)(H,29,32)/t19-,20-,21?,22+,23?,25+/m0/s1. The van der Waals surface area contributed by atoms with Gasteiger partial charge in [0.1, 0.15) is 6.10 Å². The summed E-state index contributed by atoms with van der Waals surface area (Å²) in [6.07, 6.45) is -0.264. The molecule has 1 aromatic carbocycles. The van der Waals surface area contributed by atoms with E-state index in [2.05, 4.69) is 29.4 Å². The highest BCUT2D eigenvalue weighted by atomic mass is 16.7. The summed E-state index contributed by atoms with van der Waals surface area (Å²) in [7, 11) is 0. The van der Waals surface area contributed by atoms with Gasteiger partial charge in [-0.05, 0) is 44.6 Å². The highest BCUT2D eigenvalue weighted by Crippen LogP contribution is 2.33. The van der Waals surface area contributed by atoms with Crippen LogP contribution in [0.5, 0.6) is 0 Å². The summed E-state index contributed by atoms with van der Waals surface area (Å²) in [5.74, 6) is 0.330. The quantitative estimate of drug-likeness (QED) is 0.448. The van der Waals surface area contributed by atoms with E-state index in [1.807, 2.05) is 44.2 Å². The van der Waals surface area contributed by atoms with Gasteiger partial charge in [-0.1, -0.05) is 44.2 Å². The Morgan fingerprint density at radius 3 is 2.67 bits per heavy atom. The lowest BCUT2D eigenvalue weighted by Gasteiger charge is -2.34. The summed E-state index contributed by atoms with van der Waals surface area (Å²) < 4.78 is 16.8. The van der Waals surface area contributed by atoms with Crippen molar-refractivity contribution in [3.8, 4) is 0 Å². The molecule has 0 bridgehead atoms. The van der Waals surface area contributed by atoms with Gasteiger partial charge >= 0.3 is 6.09 Å². The van der Waals surface area contributed by atoms with Crippen molar-refractivity contribution in [2.24, 2.45) is 11.8 Å². The van der Waals surface area contributed by atoms with Crippen LogP contribution in [0.4, 0.5) is 4.79 Å². The SMILES string of the molecule is CC(C)CN(C[C@@H](O)[C@H](Cc1ccccc1)NC(=O)OC1CO[C@H]2OCC[C@@H]12)C1CC(C)(C)NC1=O. The van der Waals surface area contributed by atoms with Gasteiger partial charge < -0.3 is 30.0 Å². The second kappa shape index (κ2) is 11.5. The molecule has 3 fully saturated rings. The third-order valence-electron chi connectivity index (χ3n) is 7.24. The maximum atomic E-state index is 12.9. The number of alkyl carbamates (subject to hydrolysis) is 1. The zero-order chi connectivity index (χ0) is 25.9.